The maximum Gasteiger partial charge on any atom is 0.0415 e. The molecule has 0 radical (unpaired) electrons. The van der Waals surface area contributed by atoms with Gasteiger partial charge in [0.05, 0.1) is 0 Å². The van der Waals surface area contributed by atoms with Crippen LogP contribution in [-0.2, 0) is 0 Å². The fourth-order valence-electron chi connectivity index (χ4n) is 1.12. The highest BCUT2D eigenvalue weighted by Gasteiger charge is 1.97. The van der Waals surface area contributed by atoms with Crippen LogP contribution in [0, 0.1) is 0 Å². The van der Waals surface area contributed by atoms with Crippen molar-refractivity contribution in [3.05, 3.63) is 36.4 Å². The van der Waals surface area contributed by atoms with Gasteiger partial charge in [0.25, 0.3) is 0 Å². The summed E-state index contributed by atoms with van der Waals surface area (Å²) < 4.78 is 0. The van der Waals surface area contributed by atoms with Crippen molar-refractivity contribution < 1.29 is 0 Å². The van der Waals surface area contributed by atoms with E-state index in [0.29, 0.717) is 6.04 Å². The number of benzene rings is 1. The molecule has 0 saturated heterocycles. The topological polar surface area (TPSA) is 12.0 Å². The molecule has 0 bridgehead atoms. The number of hydrogen-bond donors (Lipinski definition) is 1. The number of rotatable bonds is 3. The van der Waals surface area contributed by atoms with E-state index in [-0.39, 0.29) is 0 Å². The van der Waals surface area contributed by atoms with Gasteiger partial charge in [-0.25, -0.2) is 0 Å². The van der Waals surface area contributed by atoms with Crippen molar-refractivity contribution in [1.29, 1.82) is 0 Å². The Morgan fingerprint density at radius 2 is 2.00 bits per heavy atom. The SMILES string of the molecule is C=Cc1ccccc1NC(C)C. The molecule has 1 heteroatoms. The van der Waals surface area contributed by atoms with Crippen molar-refractivity contribution >= 4 is 11.8 Å². The zero-order chi connectivity index (χ0) is 8.97. The molecule has 64 valence electrons. The Labute approximate surface area is 74.1 Å². The Morgan fingerprint density at radius 3 is 2.58 bits per heavy atom. The molecule has 0 amide bonds. The fraction of sp³-hybridized carbons (Fsp3) is 0.273. The Morgan fingerprint density at radius 1 is 1.33 bits per heavy atom. The molecule has 1 aromatic carbocycles. The van der Waals surface area contributed by atoms with Gasteiger partial charge in [-0.1, -0.05) is 30.9 Å². The highest BCUT2D eigenvalue weighted by atomic mass is 14.9. The Balaban J connectivity index is 2.89. The third-order valence-electron chi connectivity index (χ3n) is 1.62. The summed E-state index contributed by atoms with van der Waals surface area (Å²) in [5.74, 6) is 0. The molecule has 1 N–H and O–H groups in total. The van der Waals surface area contributed by atoms with E-state index in [2.05, 4.69) is 37.9 Å². The monoisotopic (exact) mass is 161 g/mol. The Hall–Kier alpha value is -1.24. The van der Waals surface area contributed by atoms with Crippen molar-refractivity contribution in [2.45, 2.75) is 19.9 Å². The van der Waals surface area contributed by atoms with Gasteiger partial charge >= 0.3 is 0 Å². The molecule has 0 atom stereocenters. The van der Waals surface area contributed by atoms with Crippen LogP contribution in [0.5, 0.6) is 0 Å². The first-order valence-corrected chi connectivity index (χ1v) is 4.22. The van der Waals surface area contributed by atoms with Crippen LogP contribution in [-0.4, -0.2) is 6.04 Å². The second kappa shape index (κ2) is 3.96. The molecule has 1 rings (SSSR count). The highest BCUT2D eigenvalue weighted by Crippen LogP contribution is 2.16. The average Bonchev–Trinajstić information content (AvgIpc) is 2.04. The molecule has 0 spiro atoms. The van der Waals surface area contributed by atoms with Gasteiger partial charge in [0.1, 0.15) is 0 Å². The maximum absolute atomic E-state index is 3.76. The van der Waals surface area contributed by atoms with Crippen LogP contribution in [0.15, 0.2) is 30.8 Å². The van der Waals surface area contributed by atoms with E-state index >= 15 is 0 Å². The predicted octanol–water partition coefficient (Wildman–Crippen LogP) is 3.15. The van der Waals surface area contributed by atoms with Crippen LogP contribution in [0.25, 0.3) is 6.08 Å². The highest BCUT2D eigenvalue weighted by molar-refractivity contribution is 5.65. The maximum atomic E-state index is 3.76. The van der Waals surface area contributed by atoms with Crippen molar-refractivity contribution in [2.75, 3.05) is 5.32 Å². The van der Waals surface area contributed by atoms with Crippen LogP contribution in [0.2, 0.25) is 0 Å². The number of nitrogens with one attached hydrogen (secondary N) is 1. The Kier molecular flexibility index (Phi) is 2.92. The zero-order valence-electron chi connectivity index (χ0n) is 7.67. The van der Waals surface area contributed by atoms with E-state index in [1.165, 1.54) is 0 Å². The van der Waals surface area contributed by atoms with Crippen molar-refractivity contribution in [3.8, 4) is 0 Å². The number of anilines is 1. The zero-order valence-corrected chi connectivity index (χ0v) is 7.67. The van der Waals surface area contributed by atoms with Gasteiger partial charge in [-0.15, -0.1) is 0 Å². The molecule has 1 nitrogen and oxygen atoms in total. The van der Waals surface area contributed by atoms with E-state index < -0.39 is 0 Å². The Bertz CT molecular complexity index is 263. The average molecular weight is 161 g/mol. The molecule has 0 aliphatic carbocycles. The van der Waals surface area contributed by atoms with E-state index in [1.54, 1.807) is 0 Å². The van der Waals surface area contributed by atoms with E-state index in [0.717, 1.165) is 11.3 Å². The van der Waals surface area contributed by atoms with E-state index in [9.17, 15) is 0 Å². The van der Waals surface area contributed by atoms with Crippen molar-refractivity contribution in [1.82, 2.24) is 0 Å². The number of para-hydroxylation sites is 1. The minimum absolute atomic E-state index is 0.464. The normalized spacial score (nSPS) is 9.92. The van der Waals surface area contributed by atoms with E-state index in [4.69, 9.17) is 0 Å². The van der Waals surface area contributed by atoms with Gasteiger partial charge in [0, 0.05) is 11.7 Å². The summed E-state index contributed by atoms with van der Waals surface area (Å²) >= 11 is 0. The molecule has 0 aliphatic rings. The minimum atomic E-state index is 0.464. The summed E-state index contributed by atoms with van der Waals surface area (Å²) in [4.78, 5) is 0. The standard InChI is InChI=1S/C11H15N/c1-4-10-7-5-6-8-11(10)12-9(2)3/h4-9,12H,1H2,2-3H3. The summed E-state index contributed by atoms with van der Waals surface area (Å²) in [6, 6.07) is 8.63. The minimum Gasteiger partial charge on any atom is -0.382 e. The van der Waals surface area contributed by atoms with Gasteiger partial charge in [-0.05, 0) is 25.5 Å². The lowest BCUT2D eigenvalue weighted by Gasteiger charge is -2.12. The van der Waals surface area contributed by atoms with Crippen molar-refractivity contribution in [3.63, 3.8) is 0 Å². The van der Waals surface area contributed by atoms with Crippen molar-refractivity contribution in [2.24, 2.45) is 0 Å². The van der Waals surface area contributed by atoms with Crippen LogP contribution in [0.4, 0.5) is 5.69 Å². The third kappa shape index (κ3) is 2.12. The van der Waals surface area contributed by atoms with Crippen LogP contribution in [0.1, 0.15) is 19.4 Å². The quantitative estimate of drug-likeness (QED) is 0.718. The molecular weight excluding hydrogens is 146 g/mol. The molecule has 0 saturated carbocycles. The second-order valence-corrected chi connectivity index (χ2v) is 3.09. The smallest absolute Gasteiger partial charge is 0.0415 e. The molecule has 0 heterocycles. The van der Waals surface area contributed by atoms with Gasteiger partial charge in [-0.3, -0.25) is 0 Å². The molecule has 0 aromatic heterocycles. The van der Waals surface area contributed by atoms with Gasteiger partial charge < -0.3 is 5.32 Å². The summed E-state index contributed by atoms with van der Waals surface area (Å²) in [6.45, 7) is 8.01. The van der Waals surface area contributed by atoms with Crippen LogP contribution < -0.4 is 5.32 Å². The first-order chi connectivity index (χ1) is 5.74. The second-order valence-electron chi connectivity index (χ2n) is 3.09. The molecular formula is C11H15N. The molecule has 12 heavy (non-hydrogen) atoms. The fourth-order valence-corrected chi connectivity index (χ4v) is 1.12. The summed E-state index contributed by atoms with van der Waals surface area (Å²) in [5, 5.41) is 3.35. The molecule has 1 aromatic rings. The van der Waals surface area contributed by atoms with Gasteiger partial charge in [0.15, 0.2) is 0 Å². The lowest BCUT2D eigenvalue weighted by atomic mass is 10.1. The first kappa shape index (κ1) is 8.85. The number of hydrogen-bond acceptors (Lipinski definition) is 1. The van der Waals surface area contributed by atoms with Crippen LogP contribution in [0.3, 0.4) is 0 Å². The lowest BCUT2D eigenvalue weighted by Crippen LogP contribution is -2.10. The summed E-state index contributed by atoms with van der Waals surface area (Å²) in [5.41, 5.74) is 2.31. The van der Waals surface area contributed by atoms with Gasteiger partial charge in [-0.2, -0.15) is 0 Å². The van der Waals surface area contributed by atoms with Gasteiger partial charge in [0.2, 0.25) is 0 Å². The molecule has 0 aliphatic heterocycles. The first-order valence-electron chi connectivity index (χ1n) is 4.22. The third-order valence-corrected chi connectivity index (χ3v) is 1.62. The molecule has 0 unspecified atom stereocenters. The lowest BCUT2D eigenvalue weighted by molar-refractivity contribution is 0.899. The molecule has 0 fully saturated rings. The summed E-state index contributed by atoms with van der Waals surface area (Å²) in [7, 11) is 0. The van der Waals surface area contributed by atoms with Crippen LogP contribution >= 0.6 is 0 Å². The summed E-state index contributed by atoms with van der Waals surface area (Å²) in [6.07, 6.45) is 1.87. The predicted molar refractivity (Wildman–Crippen MR) is 55.3 cm³/mol. The largest absolute Gasteiger partial charge is 0.382 e. The van der Waals surface area contributed by atoms with E-state index in [1.807, 2.05) is 18.2 Å².